The van der Waals surface area contributed by atoms with Crippen molar-refractivity contribution in [1.29, 1.82) is 0 Å². The van der Waals surface area contributed by atoms with Gasteiger partial charge >= 0.3 is 0 Å². The van der Waals surface area contributed by atoms with Gasteiger partial charge < -0.3 is 15.7 Å². The fourth-order valence-corrected chi connectivity index (χ4v) is 2.23. The molecule has 3 N–H and O–H groups in total. The summed E-state index contributed by atoms with van der Waals surface area (Å²) in [6.45, 7) is 2.83. The summed E-state index contributed by atoms with van der Waals surface area (Å²) in [6.07, 6.45) is 0. The van der Waals surface area contributed by atoms with Gasteiger partial charge in [0.2, 0.25) is 5.91 Å². The molecular weight excluding hydrogens is 252 g/mol. The monoisotopic (exact) mass is 266 g/mol. The number of rotatable bonds is 2. The van der Waals surface area contributed by atoms with Gasteiger partial charge in [0.1, 0.15) is 5.60 Å². The van der Waals surface area contributed by atoms with E-state index in [1.165, 1.54) is 25.6 Å². The molecule has 1 aromatic carbocycles. The number of aliphatic hydroxyl groups is 1. The number of fused-ring (bicyclic) bond motifs is 1. The van der Waals surface area contributed by atoms with Crippen molar-refractivity contribution < 1.29 is 14.7 Å². The van der Waals surface area contributed by atoms with Crippen molar-refractivity contribution in [2.75, 3.05) is 16.4 Å². The van der Waals surface area contributed by atoms with E-state index in [4.69, 9.17) is 0 Å². The standard InChI is InChI=1S/C12H14N2O3S/c1-12(2,17)11(16)13-7-3-4-9-8(5-7)14-10(15)6-18-9/h3-5,17H,6H2,1-2H3,(H,13,16)(H,14,15). The molecular formula is C12H14N2O3S. The third kappa shape index (κ3) is 2.83. The lowest BCUT2D eigenvalue weighted by atomic mass is 10.1. The van der Waals surface area contributed by atoms with E-state index >= 15 is 0 Å². The predicted octanol–water partition coefficient (Wildman–Crippen LogP) is 1.44. The van der Waals surface area contributed by atoms with Gasteiger partial charge in [0.15, 0.2) is 0 Å². The molecule has 0 spiro atoms. The van der Waals surface area contributed by atoms with Crippen molar-refractivity contribution in [1.82, 2.24) is 0 Å². The fraction of sp³-hybridized carbons (Fsp3) is 0.333. The summed E-state index contributed by atoms with van der Waals surface area (Å²) in [5.74, 6) is -0.141. The molecule has 0 unspecified atom stereocenters. The molecule has 2 rings (SSSR count). The van der Waals surface area contributed by atoms with Crippen LogP contribution < -0.4 is 10.6 Å². The highest BCUT2D eigenvalue weighted by atomic mass is 32.2. The molecule has 1 heterocycles. The summed E-state index contributed by atoms with van der Waals surface area (Å²) < 4.78 is 0. The van der Waals surface area contributed by atoms with Crippen LogP contribution in [-0.2, 0) is 9.59 Å². The van der Waals surface area contributed by atoms with Crippen LogP contribution in [0.5, 0.6) is 0 Å². The summed E-state index contributed by atoms with van der Waals surface area (Å²) >= 11 is 1.46. The van der Waals surface area contributed by atoms with Crippen LogP contribution in [0.2, 0.25) is 0 Å². The number of carbonyl (C=O) groups excluding carboxylic acids is 2. The maximum absolute atomic E-state index is 11.6. The first-order chi connectivity index (χ1) is 8.36. The minimum atomic E-state index is -1.44. The van der Waals surface area contributed by atoms with Gasteiger partial charge in [0.25, 0.3) is 5.91 Å². The van der Waals surface area contributed by atoms with E-state index in [0.29, 0.717) is 17.1 Å². The quantitative estimate of drug-likeness (QED) is 0.757. The Balaban J connectivity index is 2.19. The van der Waals surface area contributed by atoms with Gasteiger partial charge in [0, 0.05) is 10.6 Å². The first-order valence-electron chi connectivity index (χ1n) is 5.47. The van der Waals surface area contributed by atoms with E-state index in [0.717, 1.165) is 4.90 Å². The minimum Gasteiger partial charge on any atom is -0.381 e. The lowest BCUT2D eigenvalue weighted by Gasteiger charge is -2.19. The number of amides is 2. The zero-order valence-corrected chi connectivity index (χ0v) is 10.9. The van der Waals surface area contributed by atoms with Crippen molar-refractivity contribution in [3.05, 3.63) is 18.2 Å². The van der Waals surface area contributed by atoms with Crippen molar-refractivity contribution in [2.45, 2.75) is 24.3 Å². The molecule has 96 valence electrons. The lowest BCUT2D eigenvalue weighted by Crippen LogP contribution is -2.36. The highest BCUT2D eigenvalue weighted by molar-refractivity contribution is 8.00. The average molecular weight is 266 g/mol. The molecule has 5 nitrogen and oxygen atoms in total. The molecule has 18 heavy (non-hydrogen) atoms. The molecule has 0 aromatic heterocycles. The van der Waals surface area contributed by atoms with E-state index in [9.17, 15) is 14.7 Å². The van der Waals surface area contributed by atoms with E-state index < -0.39 is 11.5 Å². The topological polar surface area (TPSA) is 78.4 Å². The molecule has 1 aliphatic heterocycles. The Labute approximate surface area is 109 Å². The Morgan fingerprint density at radius 3 is 2.89 bits per heavy atom. The molecule has 0 saturated carbocycles. The molecule has 0 radical (unpaired) electrons. The number of hydrogen-bond donors (Lipinski definition) is 3. The van der Waals surface area contributed by atoms with Crippen molar-refractivity contribution in [3.63, 3.8) is 0 Å². The molecule has 1 aromatic rings. The molecule has 0 atom stereocenters. The summed E-state index contributed by atoms with van der Waals surface area (Å²) in [4.78, 5) is 23.8. The molecule has 0 bridgehead atoms. The van der Waals surface area contributed by atoms with Crippen LogP contribution in [0.3, 0.4) is 0 Å². The van der Waals surface area contributed by atoms with E-state index in [-0.39, 0.29) is 5.91 Å². The van der Waals surface area contributed by atoms with Crippen LogP contribution in [-0.4, -0.2) is 28.3 Å². The van der Waals surface area contributed by atoms with Gasteiger partial charge in [-0.1, -0.05) is 0 Å². The smallest absolute Gasteiger partial charge is 0.255 e. The molecule has 2 amide bonds. The summed E-state index contributed by atoms with van der Waals surface area (Å²) in [6, 6.07) is 5.26. The van der Waals surface area contributed by atoms with Crippen LogP contribution in [0.25, 0.3) is 0 Å². The third-order valence-electron chi connectivity index (χ3n) is 2.43. The van der Waals surface area contributed by atoms with Crippen molar-refractivity contribution in [2.24, 2.45) is 0 Å². The average Bonchev–Trinajstić information content (AvgIpc) is 2.27. The van der Waals surface area contributed by atoms with E-state index in [1.807, 2.05) is 6.07 Å². The van der Waals surface area contributed by atoms with Crippen LogP contribution >= 0.6 is 11.8 Å². The summed E-state index contributed by atoms with van der Waals surface area (Å²) in [5.41, 5.74) is -0.207. The first-order valence-corrected chi connectivity index (χ1v) is 6.45. The van der Waals surface area contributed by atoms with Gasteiger partial charge in [-0.25, -0.2) is 0 Å². The van der Waals surface area contributed by atoms with Crippen LogP contribution in [0.4, 0.5) is 11.4 Å². The normalized spacial score (nSPS) is 14.7. The molecule has 0 aliphatic carbocycles. The number of nitrogens with one attached hydrogen (secondary N) is 2. The van der Waals surface area contributed by atoms with Gasteiger partial charge in [0.05, 0.1) is 11.4 Å². The number of carbonyl (C=O) groups is 2. The zero-order valence-electron chi connectivity index (χ0n) is 10.1. The van der Waals surface area contributed by atoms with Gasteiger partial charge in [-0.3, -0.25) is 9.59 Å². The number of hydrogen-bond acceptors (Lipinski definition) is 4. The number of thioether (sulfide) groups is 1. The van der Waals surface area contributed by atoms with Gasteiger partial charge in [-0.2, -0.15) is 0 Å². The Bertz CT molecular complexity index is 509. The maximum atomic E-state index is 11.6. The highest BCUT2D eigenvalue weighted by Gasteiger charge is 2.24. The Hall–Kier alpha value is -1.53. The van der Waals surface area contributed by atoms with Crippen LogP contribution in [0.1, 0.15) is 13.8 Å². The first kappa shape index (κ1) is 12.9. The van der Waals surface area contributed by atoms with Crippen molar-refractivity contribution >= 4 is 35.0 Å². The third-order valence-corrected chi connectivity index (χ3v) is 3.50. The van der Waals surface area contributed by atoms with Gasteiger partial charge in [-0.15, -0.1) is 11.8 Å². The Kier molecular flexibility index (Phi) is 3.32. The summed E-state index contributed by atoms with van der Waals surface area (Å²) in [7, 11) is 0. The summed E-state index contributed by atoms with van der Waals surface area (Å²) in [5, 5.41) is 14.9. The molecule has 1 aliphatic rings. The molecule has 0 saturated heterocycles. The second kappa shape index (κ2) is 4.62. The molecule has 6 heteroatoms. The Morgan fingerprint density at radius 1 is 1.50 bits per heavy atom. The zero-order chi connectivity index (χ0) is 13.3. The van der Waals surface area contributed by atoms with Crippen LogP contribution in [0.15, 0.2) is 23.1 Å². The second-order valence-electron chi connectivity index (χ2n) is 4.56. The minimum absolute atomic E-state index is 0.0570. The molecule has 0 fully saturated rings. The van der Waals surface area contributed by atoms with Crippen molar-refractivity contribution in [3.8, 4) is 0 Å². The Morgan fingerprint density at radius 2 is 2.22 bits per heavy atom. The number of anilines is 2. The van der Waals surface area contributed by atoms with E-state index in [1.54, 1.807) is 12.1 Å². The van der Waals surface area contributed by atoms with Gasteiger partial charge in [-0.05, 0) is 32.0 Å². The second-order valence-corrected chi connectivity index (χ2v) is 5.58. The van der Waals surface area contributed by atoms with Crippen LogP contribution in [0, 0.1) is 0 Å². The fourth-order valence-electron chi connectivity index (χ4n) is 1.44. The van der Waals surface area contributed by atoms with E-state index in [2.05, 4.69) is 10.6 Å². The predicted molar refractivity (Wildman–Crippen MR) is 70.7 cm³/mol. The number of benzene rings is 1. The lowest BCUT2D eigenvalue weighted by molar-refractivity contribution is -0.130. The largest absolute Gasteiger partial charge is 0.381 e. The SMILES string of the molecule is CC(C)(O)C(=O)Nc1ccc2c(c1)NC(=O)CS2. The highest BCUT2D eigenvalue weighted by Crippen LogP contribution is 2.33. The maximum Gasteiger partial charge on any atom is 0.255 e.